The Morgan fingerprint density at radius 2 is 2.37 bits per heavy atom. The molecule has 2 N–H and O–H groups in total. The average molecular weight is 282 g/mol. The van der Waals surface area contributed by atoms with E-state index in [1.807, 2.05) is 25.3 Å². The monoisotopic (exact) mass is 282 g/mol. The van der Waals surface area contributed by atoms with Crippen LogP contribution in [-0.4, -0.2) is 34.6 Å². The SMILES string of the molecule is CCC(C)NC(=O)N1CCc2sccc2C1C(=O)O. The average Bonchev–Trinajstić information content (AvgIpc) is 2.84. The molecule has 2 unspecified atom stereocenters. The van der Waals surface area contributed by atoms with Gasteiger partial charge in [0.25, 0.3) is 0 Å². The molecule has 1 aliphatic rings. The van der Waals surface area contributed by atoms with Crippen molar-refractivity contribution in [2.24, 2.45) is 0 Å². The number of urea groups is 1. The van der Waals surface area contributed by atoms with Crippen LogP contribution in [0.5, 0.6) is 0 Å². The number of aliphatic carboxylic acids is 1. The Labute approximate surface area is 116 Å². The molecular weight excluding hydrogens is 264 g/mol. The molecule has 0 bridgehead atoms. The highest BCUT2D eigenvalue weighted by molar-refractivity contribution is 7.10. The minimum absolute atomic E-state index is 0.0471. The zero-order chi connectivity index (χ0) is 14.0. The molecule has 0 radical (unpaired) electrons. The largest absolute Gasteiger partial charge is 0.479 e. The van der Waals surface area contributed by atoms with E-state index >= 15 is 0 Å². The van der Waals surface area contributed by atoms with Crippen LogP contribution >= 0.6 is 11.3 Å². The zero-order valence-corrected chi connectivity index (χ0v) is 11.9. The van der Waals surface area contributed by atoms with E-state index in [9.17, 15) is 14.7 Å². The van der Waals surface area contributed by atoms with Gasteiger partial charge in [0.05, 0.1) is 0 Å². The second-order valence-electron chi connectivity index (χ2n) is 4.74. The first kappa shape index (κ1) is 13.9. The summed E-state index contributed by atoms with van der Waals surface area (Å²) in [6.45, 7) is 4.34. The summed E-state index contributed by atoms with van der Waals surface area (Å²) in [5.74, 6) is -0.973. The lowest BCUT2D eigenvalue weighted by Gasteiger charge is -2.33. The Kier molecular flexibility index (Phi) is 4.09. The maximum absolute atomic E-state index is 12.2. The highest BCUT2D eigenvalue weighted by atomic mass is 32.1. The molecule has 5 nitrogen and oxygen atoms in total. The number of amides is 2. The predicted octanol–water partition coefficient (Wildman–Crippen LogP) is 2.24. The molecule has 6 heteroatoms. The van der Waals surface area contributed by atoms with Gasteiger partial charge in [0.1, 0.15) is 0 Å². The number of hydrogen-bond donors (Lipinski definition) is 2. The summed E-state index contributed by atoms with van der Waals surface area (Å²) < 4.78 is 0. The molecule has 1 aromatic rings. The minimum Gasteiger partial charge on any atom is -0.479 e. The molecule has 0 aromatic carbocycles. The molecule has 1 aliphatic heterocycles. The Morgan fingerprint density at radius 3 is 3.00 bits per heavy atom. The molecule has 2 heterocycles. The van der Waals surface area contributed by atoms with Crippen LogP contribution in [0, 0.1) is 0 Å². The van der Waals surface area contributed by atoms with Crippen LogP contribution in [-0.2, 0) is 11.2 Å². The van der Waals surface area contributed by atoms with Crippen molar-refractivity contribution in [2.75, 3.05) is 6.54 Å². The summed E-state index contributed by atoms with van der Waals surface area (Å²) in [5.41, 5.74) is 0.753. The zero-order valence-electron chi connectivity index (χ0n) is 11.0. The van der Waals surface area contributed by atoms with E-state index in [0.29, 0.717) is 6.54 Å². The molecular formula is C13H18N2O3S. The fourth-order valence-electron chi connectivity index (χ4n) is 2.20. The number of carboxylic acid groups (broad SMARTS) is 1. The van der Waals surface area contributed by atoms with Gasteiger partial charge in [0.2, 0.25) is 0 Å². The summed E-state index contributed by atoms with van der Waals surface area (Å²) in [4.78, 5) is 26.1. The topological polar surface area (TPSA) is 69.6 Å². The van der Waals surface area contributed by atoms with Crippen LogP contribution in [0.15, 0.2) is 11.4 Å². The van der Waals surface area contributed by atoms with Gasteiger partial charge in [-0.1, -0.05) is 6.92 Å². The number of nitrogens with zero attached hydrogens (tertiary/aromatic N) is 1. The Bertz CT molecular complexity index is 486. The molecule has 0 aliphatic carbocycles. The fourth-order valence-corrected chi connectivity index (χ4v) is 3.10. The van der Waals surface area contributed by atoms with Gasteiger partial charge in [-0.25, -0.2) is 9.59 Å². The predicted molar refractivity (Wildman–Crippen MR) is 73.4 cm³/mol. The van der Waals surface area contributed by atoms with Crippen molar-refractivity contribution >= 4 is 23.3 Å². The summed E-state index contributed by atoms with van der Waals surface area (Å²) in [6, 6.07) is 0.699. The van der Waals surface area contributed by atoms with Gasteiger partial charge >= 0.3 is 12.0 Å². The maximum Gasteiger partial charge on any atom is 0.331 e. The van der Waals surface area contributed by atoms with Crippen molar-refractivity contribution in [3.8, 4) is 0 Å². The van der Waals surface area contributed by atoms with Crippen LogP contribution < -0.4 is 5.32 Å². The standard InChI is InChI=1S/C13H18N2O3S/c1-3-8(2)14-13(18)15-6-4-10-9(5-7-19-10)11(15)12(16)17/h5,7-8,11H,3-4,6H2,1-2H3,(H,14,18)(H,16,17). The lowest BCUT2D eigenvalue weighted by atomic mass is 10.0. The van der Waals surface area contributed by atoms with Crippen molar-refractivity contribution in [1.29, 1.82) is 0 Å². The van der Waals surface area contributed by atoms with Crippen LogP contribution in [0.4, 0.5) is 4.79 Å². The van der Waals surface area contributed by atoms with Gasteiger partial charge in [-0.3, -0.25) is 0 Å². The quantitative estimate of drug-likeness (QED) is 0.893. The molecule has 104 valence electrons. The Balaban J connectivity index is 2.22. The van der Waals surface area contributed by atoms with Gasteiger partial charge in [-0.2, -0.15) is 0 Å². The molecule has 1 aromatic heterocycles. The second kappa shape index (κ2) is 5.61. The number of carbonyl (C=O) groups is 2. The first-order valence-corrected chi connectivity index (χ1v) is 7.28. The van der Waals surface area contributed by atoms with E-state index in [1.165, 1.54) is 4.90 Å². The minimum atomic E-state index is -0.973. The molecule has 2 amide bonds. The number of thiophene rings is 1. The second-order valence-corrected chi connectivity index (χ2v) is 5.74. The molecule has 19 heavy (non-hydrogen) atoms. The van der Waals surface area contributed by atoms with Crippen LogP contribution in [0.25, 0.3) is 0 Å². The maximum atomic E-state index is 12.2. The van der Waals surface area contributed by atoms with Crippen molar-refractivity contribution in [3.63, 3.8) is 0 Å². The number of fused-ring (bicyclic) bond motifs is 1. The van der Waals surface area contributed by atoms with Crippen molar-refractivity contribution in [2.45, 2.75) is 38.8 Å². The number of rotatable bonds is 3. The highest BCUT2D eigenvalue weighted by Crippen LogP contribution is 2.33. The van der Waals surface area contributed by atoms with Crippen LogP contribution in [0.2, 0.25) is 0 Å². The summed E-state index contributed by atoms with van der Waals surface area (Å²) in [6.07, 6.45) is 1.55. The Hall–Kier alpha value is -1.56. The van der Waals surface area contributed by atoms with E-state index in [2.05, 4.69) is 5.32 Å². The van der Waals surface area contributed by atoms with Crippen molar-refractivity contribution < 1.29 is 14.7 Å². The van der Waals surface area contributed by atoms with Gasteiger partial charge in [0.15, 0.2) is 6.04 Å². The van der Waals surface area contributed by atoms with E-state index in [0.717, 1.165) is 23.3 Å². The number of carbonyl (C=O) groups excluding carboxylic acids is 1. The third kappa shape index (κ3) is 2.73. The first-order chi connectivity index (χ1) is 9.04. The number of nitrogens with one attached hydrogen (secondary N) is 1. The normalized spacial score (nSPS) is 19.7. The lowest BCUT2D eigenvalue weighted by molar-refractivity contribution is -0.142. The molecule has 2 rings (SSSR count). The fraction of sp³-hybridized carbons (Fsp3) is 0.538. The molecule has 0 saturated carbocycles. The Morgan fingerprint density at radius 1 is 1.63 bits per heavy atom. The van der Waals surface area contributed by atoms with E-state index < -0.39 is 12.0 Å². The molecule has 0 fully saturated rings. The van der Waals surface area contributed by atoms with Gasteiger partial charge in [-0.05, 0) is 36.8 Å². The summed E-state index contributed by atoms with van der Waals surface area (Å²) in [5, 5.41) is 14.1. The van der Waals surface area contributed by atoms with Crippen molar-refractivity contribution in [1.82, 2.24) is 10.2 Å². The number of hydrogen-bond acceptors (Lipinski definition) is 3. The van der Waals surface area contributed by atoms with E-state index in [1.54, 1.807) is 11.3 Å². The van der Waals surface area contributed by atoms with Gasteiger partial charge in [0, 0.05) is 17.5 Å². The first-order valence-electron chi connectivity index (χ1n) is 6.40. The summed E-state index contributed by atoms with van der Waals surface area (Å²) >= 11 is 1.56. The van der Waals surface area contributed by atoms with Crippen molar-refractivity contribution in [3.05, 3.63) is 21.9 Å². The summed E-state index contributed by atoms with van der Waals surface area (Å²) in [7, 11) is 0. The smallest absolute Gasteiger partial charge is 0.331 e. The molecule has 2 atom stereocenters. The van der Waals surface area contributed by atoms with E-state index in [4.69, 9.17) is 0 Å². The molecule has 0 spiro atoms. The third-order valence-corrected chi connectivity index (χ3v) is 4.44. The number of carboxylic acids is 1. The highest BCUT2D eigenvalue weighted by Gasteiger charge is 2.36. The van der Waals surface area contributed by atoms with E-state index in [-0.39, 0.29) is 12.1 Å². The lowest BCUT2D eigenvalue weighted by Crippen LogP contribution is -2.49. The third-order valence-electron chi connectivity index (χ3n) is 3.44. The van der Waals surface area contributed by atoms with Crippen LogP contribution in [0.1, 0.15) is 36.8 Å². The van der Waals surface area contributed by atoms with Gasteiger partial charge in [-0.15, -0.1) is 11.3 Å². The van der Waals surface area contributed by atoms with Crippen LogP contribution in [0.3, 0.4) is 0 Å². The molecule has 0 saturated heterocycles. The van der Waals surface area contributed by atoms with Gasteiger partial charge < -0.3 is 15.3 Å².